The maximum absolute atomic E-state index is 17.3. The number of amides is 2. The van der Waals surface area contributed by atoms with E-state index in [9.17, 15) is 14.0 Å². The summed E-state index contributed by atoms with van der Waals surface area (Å²) < 4.78 is 64.6. The molecule has 2 bridgehead atoms. The average Bonchev–Trinajstić information content (AvgIpc) is 3.75. The summed E-state index contributed by atoms with van der Waals surface area (Å²) in [5, 5.41) is 3.12. The molecule has 7 heterocycles. The van der Waals surface area contributed by atoms with Crippen LogP contribution in [0.1, 0.15) is 72.8 Å². The number of rotatable bonds is 6. The second-order valence-electron chi connectivity index (χ2n) is 17.2. The zero-order valence-corrected chi connectivity index (χ0v) is 32.9. The van der Waals surface area contributed by atoms with Crippen molar-refractivity contribution in [3.8, 4) is 17.1 Å². The van der Waals surface area contributed by atoms with Crippen molar-refractivity contribution in [2.45, 2.75) is 109 Å². The highest BCUT2D eigenvalue weighted by atomic mass is 32.1. The average molecular weight is 782 g/mol. The minimum Gasteiger partial charge on any atom is -0.461 e. The molecule has 55 heavy (non-hydrogen) atoms. The van der Waals surface area contributed by atoms with Crippen LogP contribution in [0.3, 0.4) is 0 Å². The SMILES string of the molecule is Cc1cc2c(N3CC4CC(C3)N4C(=O)OC(C)(C)C)nc(OC[C@@]34CCCN3C[C@H](F)C4)nc2c(F)c1-c1ccc(F)c2sc(NC(=O)OC(C)(C)C)nc12. The van der Waals surface area contributed by atoms with Gasteiger partial charge in [0, 0.05) is 42.6 Å². The van der Waals surface area contributed by atoms with E-state index in [4.69, 9.17) is 19.2 Å². The van der Waals surface area contributed by atoms with E-state index in [1.165, 1.54) is 12.1 Å². The van der Waals surface area contributed by atoms with Crippen LogP contribution in [0.15, 0.2) is 18.2 Å². The highest BCUT2D eigenvalue weighted by Crippen LogP contribution is 2.44. The van der Waals surface area contributed by atoms with Crippen LogP contribution in [0.5, 0.6) is 6.01 Å². The highest BCUT2D eigenvalue weighted by Gasteiger charge is 2.51. The minimum atomic E-state index is -0.953. The van der Waals surface area contributed by atoms with Gasteiger partial charge in [-0.15, -0.1) is 0 Å². The highest BCUT2D eigenvalue weighted by molar-refractivity contribution is 7.22. The Morgan fingerprint density at radius 3 is 2.44 bits per heavy atom. The van der Waals surface area contributed by atoms with Gasteiger partial charge in [-0.1, -0.05) is 11.3 Å². The Kier molecular flexibility index (Phi) is 9.10. The number of piperidine rings is 1. The van der Waals surface area contributed by atoms with Crippen molar-refractivity contribution >= 4 is 55.6 Å². The number of hydrogen-bond acceptors (Lipinski definition) is 11. The van der Waals surface area contributed by atoms with Crippen LogP contribution in [0.2, 0.25) is 0 Å². The Balaban J connectivity index is 1.19. The molecule has 2 unspecified atom stereocenters. The van der Waals surface area contributed by atoms with Gasteiger partial charge in [0.2, 0.25) is 0 Å². The number of carbonyl (C=O) groups excluding carboxylic acids is 2. The summed E-state index contributed by atoms with van der Waals surface area (Å²) in [7, 11) is 0. The van der Waals surface area contributed by atoms with E-state index >= 15 is 8.78 Å². The Morgan fingerprint density at radius 1 is 1.00 bits per heavy atom. The molecule has 4 aromatic rings. The summed E-state index contributed by atoms with van der Waals surface area (Å²) in [5.41, 5.74) is -0.699. The summed E-state index contributed by atoms with van der Waals surface area (Å²) >= 11 is 0.921. The summed E-state index contributed by atoms with van der Waals surface area (Å²) in [6, 6.07) is 4.24. The Hall–Kier alpha value is -4.44. The van der Waals surface area contributed by atoms with Gasteiger partial charge in [0.05, 0.1) is 27.8 Å². The van der Waals surface area contributed by atoms with Crippen LogP contribution in [0.25, 0.3) is 32.2 Å². The number of hydrogen-bond donors (Lipinski definition) is 1. The number of halogens is 3. The largest absolute Gasteiger partial charge is 0.461 e. The lowest BCUT2D eigenvalue weighted by Crippen LogP contribution is -2.70. The predicted octanol–water partition coefficient (Wildman–Crippen LogP) is 7.99. The molecule has 5 fully saturated rings. The fourth-order valence-electron chi connectivity index (χ4n) is 8.62. The number of carbonyl (C=O) groups is 2. The lowest BCUT2D eigenvalue weighted by Gasteiger charge is -2.56. The van der Waals surface area contributed by atoms with Gasteiger partial charge in [-0.2, -0.15) is 9.97 Å². The number of benzene rings is 2. The molecule has 0 saturated carbocycles. The van der Waals surface area contributed by atoms with E-state index in [2.05, 4.69) is 20.2 Å². The van der Waals surface area contributed by atoms with Crippen LogP contribution >= 0.6 is 11.3 Å². The van der Waals surface area contributed by atoms with E-state index in [1.807, 2.05) is 31.7 Å². The van der Waals surface area contributed by atoms with Gasteiger partial charge in [0.15, 0.2) is 10.9 Å². The monoisotopic (exact) mass is 781 g/mol. The molecule has 0 spiro atoms. The first kappa shape index (κ1) is 37.5. The predicted molar refractivity (Wildman–Crippen MR) is 204 cm³/mol. The first-order valence-corrected chi connectivity index (χ1v) is 19.6. The molecule has 5 aliphatic heterocycles. The van der Waals surface area contributed by atoms with Gasteiger partial charge in [0.1, 0.15) is 41.1 Å². The molecule has 0 radical (unpaired) electrons. The molecule has 12 nitrogen and oxygen atoms in total. The number of ether oxygens (including phenoxy) is 3. The van der Waals surface area contributed by atoms with Crippen molar-refractivity contribution in [3.63, 3.8) is 0 Å². The molecule has 294 valence electrons. The Morgan fingerprint density at radius 2 is 1.73 bits per heavy atom. The number of fused-ring (bicyclic) bond motifs is 5. The number of alkyl halides is 1. The van der Waals surface area contributed by atoms with Gasteiger partial charge in [-0.3, -0.25) is 15.1 Å². The van der Waals surface area contributed by atoms with E-state index in [0.717, 1.165) is 37.1 Å². The third-order valence-corrected chi connectivity index (χ3v) is 11.8. The summed E-state index contributed by atoms with van der Waals surface area (Å²) in [5.74, 6) is -0.780. The van der Waals surface area contributed by atoms with Crippen LogP contribution in [-0.2, 0) is 9.47 Å². The van der Waals surface area contributed by atoms with Crippen LogP contribution in [0.4, 0.5) is 33.7 Å². The molecule has 4 atom stereocenters. The fraction of sp³-hybridized carbons (Fsp3) is 0.564. The van der Waals surface area contributed by atoms with Crippen molar-refractivity contribution in [3.05, 3.63) is 35.4 Å². The third-order valence-electron chi connectivity index (χ3n) is 10.8. The number of piperazine rings is 1. The smallest absolute Gasteiger partial charge is 0.413 e. The van der Waals surface area contributed by atoms with E-state index in [-0.39, 0.29) is 57.2 Å². The molecule has 2 aromatic carbocycles. The van der Waals surface area contributed by atoms with Crippen LogP contribution in [0, 0.1) is 18.6 Å². The first-order valence-electron chi connectivity index (χ1n) is 18.8. The Labute approximate surface area is 321 Å². The fourth-order valence-corrected chi connectivity index (χ4v) is 9.50. The molecule has 5 aliphatic rings. The lowest BCUT2D eigenvalue weighted by atomic mass is 9.87. The molecule has 1 N–H and O–H groups in total. The molecule has 0 aliphatic carbocycles. The van der Waals surface area contributed by atoms with Crippen LogP contribution < -0.4 is 15.0 Å². The molecule has 2 aromatic heterocycles. The van der Waals surface area contributed by atoms with E-state index < -0.39 is 40.6 Å². The zero-order valence-electron chi connectivity index (χ0n) is 32.1. The molecule has 9 rings (SSSR count). The summed E-state index contributed by atoms with van der Waals surface area (Å²) in [6.07, 6.45) is 0.798. The van der Waals surface area contributed by atoms with Crippen molar-refractivity contribution in [2.75, 3.05) is 43.0 Å². The second kappa shape index (κ2) is 13.4. The standard InChI is InChI=1S/C39H46F3N7O5S/c1-20-13-25-29(28(42)27(20)24-9-10-26(41)31-30(24)44-34(55-31)46-35(50)53-37(2,3)4)43-33(52-19-39-11-8-12-48(39)16-21(40)15-39)45-32(25)47-17-22-14-23(18-47)49(22)36(51)54-38(5,6)7/h9-10,13,21-23H,8,11-12,14-19H2,1-7H3,(H,44,46,50)/t21-,22?,23?,39+/m1/s1. The van der Waals surface area contributed by atoms with Gasteiger partial charge in [-0.05, 0) is 98.0 Å². The molecule has 2 amide bonds. The number of anilines is 2. The van der Waals surface area contributed by atoms with E-state index in [1.54, 1.807) is 32.6 Å². The maximum atomic E-state index is 17.3. The summed E-state index contributed by atoms with van der Waals surface area (Å²) in [4.78, 5) is 45.6. The maximum Gasteiger partial charge on any atom is 0.413 e. The first-order chi connectivity index (χ1) is 25.9. The quantitative estimate of drug-likeness (QED) is 0.206. The molecular formula is C39H46F3N7O5S. The topological polar surface area (TPSA) is 122 Å². The molecule has 5 saturated heterocycles. The number of thiazole rings is 1. The van der Waals surface area contributed by atoms with Gasteiger partial charge in [0.25, 0.3) is 0 Å². The second-order valence-corrected chi connectivity index (χ2v) is 18.2. The van der Waals surface area contributed by atoms with Crippen molar-refractivity contribution in [1.29, 1.82) is 0 Å². The molecular weight excluding hydrogens is 736 g/mol. The van der Waals surface area contributed by atoms with Gasteiger partial charge in [-0.25, -0.2) is 27.7 Å². The lowest BCUT2D eigenvalue weighted by molar-refractivity contribution is -0.0380. The number of aryl methyl sites for hydroxylation is 1. The third kappa shape index (κ3) is 7.00. The minimum absolute atomic E-state index is 0.000721. The zero-order chi connectivity index (χ0) is 39.2. The van der Waals surface area contributed by atoms with E-state index in [0.29, 0.717) is 48.4 Å². The normalized spacial score (nSPS) is 23.9. The number of aromatic nitrogens is 3. The van der Waals surface area contributed by atoms with Crippen LogP contribution in [-0.4, -0.2) is 105 Å². The Bertz CT molecular complexity index is 2190. The van der Waals surface area contributed by atoms with Crippen molar-refractivity contribution in [2.24, 2.45) is 0 Å². The number of nitrogens with one attached hydrogen (secondary N) is 1. The van der Waals surface area contributed by atoms with Gasteiger partial charge >= 0.3 is 18.2 Å². The van der Waals surface area contributed by atoms with Crippen molar-refractivity contribution < 1.29 is 37.0 Å². The summed E-state index contributed by atoms with van der Waals surface area (Å²) in [6.45, 7) is 14.6. The molecule has 16 heteroatoms. The van der Waals surface area contributed by atoms with Gasteiger partial charge < -0.3 is 19.1 Å². The van der Waals surface area contributed by atoms with Crippen molar-refractivity contribution in [1.82, 2.24) is 24.8 Å². The number of nitrogens with zero attached hydrogens (tertiary/aromatic N) is 6.